The number of anilines is 1. The molecule has 1 N–H and O–H groups in total. The number of nitrogens with one attached hydrogen (secondary N) is 1. The van der Waals surface area contributed by atoms with Crippen LogP contribution in [0.2, 0.25) is 0 Å². The fraction of sp³-hybridized carbons (Fsp3) is 0.200. The van der Waals surface area contributed by atoms with Gasteiger partial charge in [0.2, 0.25) is 0 Å². The van der Waals surface area contributed by atoms with Crippen molar-refractivity contribution >= 4 is 38.3 Å². The Bertz CT molecular complexity index is 935. The molecule has 1 amide bonds. The van der Waals surface area contributed by atoms with Crippen molar-refractivity contribution in [3.8, 4) is 17.0 Å². The van der Waals surface area contributed by atoms with Gasteiger partial charge in [-0.1, -0.05) is 40.2 Å². The maximum atomic E-state index is 12.2. The molecule has 4 nitrogen and oxygen atoms in total. The number of carbonyl (C=O) groups is 1. The van der Waals surface area contributed by atoms with Crippen molar-refractivity contribution in [1.82, 2.24) is 4.98 Å². The van der Waals surface area contributed by atoms with Crippen LogP contribution in [0.15, 0.2) is 46.3 Å². The van der Waals surface area contributed by atoms with Crippen molar-refractivity contribution in [2.75, 3.05) is 11.9 Å². The molecule has 0 atom stereocenters. The summed E-state index contributed by atoms with van der Waals surface area (Å²) in [7, 11) is 0. The van der Waals surface area contributed by atoms with E-state index in [1.54, 1.807) is 0 Å². The molecule has 1 heterocycles. The number of hydrogen-bond donors (Lipinski definition) is 1. The van der Waals surface area contributed by atoms with E-state index in [4.69, 9.17) is 4.74 Å². The second-order valence-electron chi connectivity index (χ2n) is 6.04. The Balaban J connectivity index is 1.63. The van der Waals surface area contributed by atoms with E-state index < -0.39 is 0 Å². The largest absolute Gasteiger partial charge is 0.483 e. The molecule has 26 heavy (non-hydrogen) atoms. The molecule has 0 aliphatic heterocycles. The van der Waals surface area contributed by atoms with E-state index in [1.807, 2.05) is 56.5 Å². The number of carbonyl (C=O) groups excluding carboxylic acids is 1. The molecule has 0 unspecified atom stereocenters. The minimum Gasteiger partial charge on any atom is -0.483 e. The third kappa shape index (κ3) is 4.31. The number of benzene rings is 2. The predicted octanol–water partition coefficient (Wildman–Crippen LogP) is 5.52. The van der Waals surface area contributed by atoms with Gasteiger partial charge in [-0.05, 0) is 49.6 Å². The Morgan fingerprint density at radius 2 is 1.81 bits per heavy atom. The van der Waals surface area contributed by atoms with Gasteiger partial charge >= 0.3 is 0 Å². The van der Waals surface area contributed by atoms with Gasteiger partial charge in [-0.3, -0.25) is 10.1 Å². The van der Waals surface area contributed by atoms with Gasteiger partial charge in [-0.2, -0.15) is 0 Å². The van der Waals surface area contributed by atoms with Crippen LogP contribution in [0.3, 0.4) is 0 Å². The van der Waals surface area contributed by atoms with Gasteiger partial charge in [0, 0.05) is 15.4 Å². The minimum absolute atomic E-state index is 0.0433. The molecule has 2 aromatic carbocycles. The molecule has 3 aromatic rings. The summed E-state index contributed by atoms with van der Waals surface area (Å²) in [5.74, 6) is 0.553. The van der Waals surface area contributed by atoms with Gasteiger partial charge in [0.1, 0.15) is 5.75 Å². The first-order chi connectivity index (χ1) is 12.4. The molecular weight excluding hydrogens is 412 g/mol. The fourth-order valence-corrected chi connectivity index (χ4v) is 3.53. The van der Waals surface area contributed by atoms with Gasteiger partial charge in [0.25, 0.3) is 5.91 Å². The van der Waals surface area contributed by atoms with E-state index in [2.05, 4.69) is 32.3 Å². The van der Waals surface area contributed by atoms with Crippen LogP contribution in [0.5, 0.6) is 5.75 Å². The summed E-state index contributed by atoms with van der Waals surface area (Å²) in [5, 5.41) is 5.29. The molecule has 0 aliphatic carbocycles. The van der Waals surface area contributed by atoms with Crippen molar-refractivity contribution < 1.29 is 9.53 Å². The molecule has 0 saturated carbocycles. The first kappa shape index (κ1) is 18.6. The fourth-order valence-electron chi connectivity index (χ4n) is 2.53. The SMILES string of the molecule is Cc1ccc(C)c(OCC(=O)Nc2nc(-c3ccc(Br)cc3)cs2)c1C. The maximum Gasteiger partial charge on any atom is 0.264 e. The lowest BCUT2D eigenvalue weighted by molar-refractivity contribution is -0.118. The summed E-state index contributed by atoms with van der Waals surface area (Å²) >= 11 is 4.82. The molecule has 0 aliphatic rings. The Hall–Kier alpha value is -2.18. The number of nitrogens with zero attached hydrogens (tertiary/aromatic N) is 1. The zero-order valence-corrected chi connectivity index (χ0v) is 17.2. The average molecular weight is 431 g/mol. The van der Waals surface area contributed by atoms with E-state index in [-0.39, 0.29) is 12.5 Å². The Labute approximate surface area is 165 Å². The molecule has 3 rings (SSSR count). The number of ether oxygens (including phenoxy) is 1. The number of halogens is 1. The van der Waals surface area contributed by atoms with Crippen LogP contribution >= 0.6 is 27.3 Å². The standard InChI is InChI=1S/C20H19BrN2O2S/c1-12-4-5-13(2)19(14(12)3)25-10-18(24)23-20-22-17(11-26-20)15-6-8-16(21)9-7-15/h4-9,11H,10H2,1-3H3,(H,22,23,24). The Morgan fingerprint density at radius 3 is 2.54 bits per heavy atom. The molecule has 1 aromatic heterocycles. The highest BCUT2D eigenvalue weighted by Gasteiger charge is 2.11. The zero-order valence-electron chi connectivity index (χ0n) is 14.8. The number of thiazole rings is 1. The number of hydrogen-bond acceptors (Lipinski definition) is 4. The Kier molecular flexibility index (Phi) is 5.74. The second-order valence-corrected chi connectivity index (χ2v) is 7.81. The summed E-state index contributed by atoms with van der Waals surface area (Å²) in [5.41, 5.74) is 5.07. The minimum atomic E-state index is -0.220. The molecule has 6 heteroatoms. The van der Waals surface area contributed by atoms with Gasteiger partial charge in [0.05, 0.1) is 5.69 Å². The molecule has 0 saturated heterocycles. The predicted molar refractivity (Wildman–Crippen MR) is 110 cm³/mol. The van der Waals surface area contributed by atoms with E-state index in [0.717, 1.165) is 38.2 Å². The quantitative estimate of drug-likeness (QED) is 0.579. The lowest BCUT2D eigenvalue weighted by Gasteiger charge is -2.13. The number of aromatic nitrogens is 1. The molecular formula is C20H19BrN2O2S. The highest BCUT2D eigenvalue weighted by atomic mass is 79.9. The van der Waals surface area contributed by atoms with Crippen molar-refractivity contribution in [2.45, 2.75) is 20.8 Å². The van der Waals surface area contributed by atoms with E-state index in [0.29, 0.717) is 5.13 Å². The van der Waals surface area contributed by atoms with E-state index in [1.165, 1.54) is 11.3 Å². The van der Waals surface area contributed by atoms with Crippen molar-refractivity contribution in [1.29, 1.82) is 0 Å². The molecule has 134 valence electrons. The van der Waals surface area contributed by atoms with E-state index >= 15 is 0 Å². The van der Waals surface area contributed by atoms with Crippen molar-refractivity contribution in [3.05, 3.63) is 62.9 Å². The number of amides is 1. The van der Waals surface area contributed by atoms with Crippen LogP contribution in [0.25, 0.3) is 11.3 Å². The van der Waals surface area contributed by atoms with Crippen LogP contribution in [0.4, 0.5) is 5.13 Å². The van der Waals surface area contributed by atoms with Crippen LogP contribution in [-0.2, 0) is 4.79 Å². The number of aryl methyl sites for hydroxylation is 2. The summed E-state index contributed by atoms with van der Waals surface area (Å²) in [6.45, 7) is 5.96. The Morgan fingerprint density at radius 1 is 1.12 bits per heavy atom. The van der Waals surface area contributed by atoms with Crippen LogP contribution in [-0.4, -0.2) is 17.5 Å². The molecule has 0 spiro atoms. The van der Waals surface area contributed by atoms with Crippen LogP contribution in [0.1, 0.15) is 16.7 Å². The highest BCUT2D eigenvalue weighted by Crippen LogP contribution is 2.27. The zero-order chi connectivity index (χ0) is 18.7. The van der Waals surface area contributed by atoms with Gasteiger partial charge in [0.15, 0.2) is 11.7 Å². The molecule has 0 fully saturated rings. The van der Waals surface area contributed by atoms with Crippen LogP contribution in [0, 0.1) is 20.8 Å². The number of rotatable bonds is 5. The van der Waals surface area contributed by atoms with Gasteiger partial charge in [-0.25, -0.2) is 4.98 Å². The molecule has 0 bridgehead atoms. The second kappa shape index (κ2) is 8.01. The molecule has 0 radical (unpaired) electrons. The maximum absolute atomic E-state index is 12.2. The monoisotopic (exact) mass is 430 g/mol. The summed E-state index contributed by atoms with van der Waals surface area (Å²) in [6, 6.07) is 12.0. The summed E-state index contributed by atoms with van der Waals surface area (Å²) in [4.78, 5) is 16.7. The van der Waals surface area contributed by atoms with Crippen molar-refractivity contribution in [3.63, 3.8) is 0 Å². The summed E-state index contributed by atoms with van der Waals surface area (Å²) in [6.07, 6.45) is 0. The lowest BCUT2D eigenvalue weighted by atomic mass is 10.1. The first-order valence-electron chi connectivity index (χ1n) is 8.15. The summed E-state index contributed by atoms with van der Waals surface area (Å²) < 4.78 is 6.76. The third-order valence-corrected chi connectivity index (χ3v) is 5.40. The van der Waals surface area contributed by atoms with Crippen molar-refractivity contribution in [2.24, 2.45) is 0 Å². The third-order valence-electron chi connectivity index (χ3n) is 4.11. The topological polar surface area (TPSA) is 51.2 Å². The lowest BCUT2D eigenvalue weighted by Crippen LogP contribution is -2.20. The van der Waals surface area contributed by atoms with E-state index in [9.17, 15) is 4.79 Å². The van der Waals surface area contributed by atoms with Crippen LogP contribution < -0.4 is 10.1 Å². The first-order valence-corrected chi connectivity index (χ1v) is 9.82. The normalized spacial score (nSPS) is 10.6. The van der Waals surface area contributed by atoms with Gasteiger partial charge < -0.3 is 4.74 Å². The van der Waals surface area contributed by atoms with Gasteiger partial charge in [-0.15, -0.1) is 11.3 Å². The highest BCUT2D eigenvalue weighted by molar-refractivity contribution is 9.10. The smallest absolute Gasteiger partial charge is 0.264 e. The average Bonchev–Trinajstić information content (AvgIpc) is 3.07.